The first-order valence-electron chi connectivity index (χ1n) is 7.66. The van der Waals surface area contributed by atoms with Gasteiger partial charge in [-0.25, -0.2) is 0 Å². The highest BCUT2D eigenvalue weighted by Gasteiger charge is 2.16. The molecular formula is C18H15ClN3O3-. The molecule has 0 fully saturated rings. The Kier molecular flexibility index (Phi) is 4.46. The van der Waals surface area contributed by atoms with E-state index < -0.39 is 5.97 Å². The molecule has 0 saturated carbocycles. The normalized spacial score (nSPS) is 11.5. The maximum Gasteiger partial charge on any atom is 0.220 e. The number of aromatic nitrogens is 1. The summed E-state index contributed by atoms with van der Waals surface area (Å²) in [5.41, 5.74) is 2.32. The third-order valence-corrected chi connectivity index (χ3v) is 4.24. The summed E-state index contributed by atoms with van der Waals surface area (Å²) >= 11 is 6.05. The Labute approximate surface area is 149 Å². The van der Waals surface area contributed by atoms with Crippen molar-refractivity contribution in [2.75, 3.05) is 0 Å². The first kappa shape index (κ1) is 17.0. The van der Waals surface area contributed by atoms with Gasteiger partial charge in [-0.15, -0.1) is 10.2 Å². The summed E-state index contributed by atoms with van der Waals surface area (Å²) in [6, 6.07) is 9.81. The Balaban J connectivity index is 2.14. The van der Waals surface area contributed by atoms with E-state index in [4.69, 9.17) is 11.6 Å². The summed E-state index contributed by atoms with van der Waals surface area (Å²) in [5.74, 6) is -1.33. The van der Waals surface area contributed by atoms with E-state index in [1.807, 2.05) is 32.0 Å². The van der Waals surface area contributed by atoms with Crippen LogP contribution < -0.4 is 5.11 Å². The summed E-state index contributed by atoms with van der Waals surface area (Å²) in [5, 5.41) is 30.6. The van der Waals surface area contributed by atoms with Gasteiger partial charge >= 0.3 is 0 Å². The minimum Gasteiger partial charge on any atom is -0.545 e. The van der Waals surface area contributed by atoms with Crippen molar-refractivity contribution in [2.45, 2.75) is 20.4 Å². The number of rotatable bonds is 4. The number of carboxylic acid groups (broad SMARTS) is 1. The number of aromatic hydroxyl groups is 1. The van der Waals surface area contributed by atoms with E-state index in [2.05, 4.69) is 10.2 Å². The van der Waals surface area contributed by atoms with E-state index in [-0.39, 0.29) is 22.2 Å². The summed E-state index contributed by atoms with van der Waals surface area (Å²) in [4.78, 5) is 11.0. The van der Waals surface area contributed by atoms with Crippen LogP contribution in [0.2, 0.25) is 5.02 Å². The number of carbonyl (C=O) groups excluding carboxylic acids is 1. The second-order valence-corrected chi connectivity index (χ2v) is 6.00. The molecule has 1 heterocycles. The van der Waals surface area contributed by atoms with Gasteiger partial charge in [0, 0.05) is 11.9 Å². The van der Waals surface area contributed by atoms with Crippen molar-refractivity contribution >= 4 is 39.8 Å². The molecule has 1 aromatic heterocycles. The fourth-order valence-corrected chi connectivity index (χ4v) is 2.83. The highest BCUT2D eigenvalue weighted by Crippen LogP contribution is 2.40. The number of benzene rings is 2. The molecule has 1 N–H and O–H groups in total. The van der Waals surface area contributed by atoms with Crippen LogP contribution in [0.25, 0.3) is 10.9 Å². The van der Waals surface area contributed by atoms with Crippen LogP contribution in [-0.4, -0.2) is 15.6 Å². The average molecular weight is 357 g/mol. The van der Waals surface area contributed by atoms with Gasteiger partial charge in [-0.1, -0.05) is 29.3 Å². The molecule has 0 unspecified atom stereocenters. The lowest BCUT2D eigenvalue weighted by molar-refractivity contribution is -0.255. The Hall–Kier alpha value is -2.86. The number of fused-ring (bicyclic) bond motifs is 1. The van der Waals surface area contributed by atoms with Crippen molar-refractivity contribution in [3.63, 3.8) is 0 Å². The number of aromatic carboxylic acids is 1. The Bertz CT molecular complexity index is 1010. The summed E-state index contributed by atoms with van der Waals surface area (Å²) in [7, 11) is 0. The number of carbonyl (C=O) groups is 1. The molecule has 0 bridgehead atoms. The van der Waals surface area contributed by atoms with Gasteiger partial charge in [0.05, 0.1) is 16.5 Å². The van der Waals surface area contributed by atoms with Crippen molar-refractivity contribution in [2.24, 2.45) is 10.2 Å². The number of azo groups is 1. The molecule has 3 rings (SSSR count). The Morgan fingerprint density at radius 1 is 1.24 bits per heavy atom. The van der Waals surface area contributed by atoms with E-state index >= 15 is 0 Å². The molecule has 0 aliphatic rings. The van der Waals surface area contributed by atoms with Gasteiger partial charge in [0.2, 0.25) is 5.88 Å². The molecule has 25 heavy (non-hydrogen) atoms. The van der Waals surface area contributed by atoms with Crippen LogP contribution in [0.3, 0.4) is 0 Å². The van der Waals surface area contributed by atoms with Crippen LogP contribution in [0.1, 0.15) is 22.8 Å². The van der Waals surface area contributed by atoms with Gasteiger partial charge < -0.3 is 19.6 Å². The zero-order chi connectivity index (χ0) is 18.1. The molecule has 0 aliphatic carbocycles. The zero-order valence-electron chi connectivity index (χ0n) is 13.7. The molecule has 128 valence electrons. The first-order chi connectivity index (χ1) is 11.9. The quantitative estimate of drug-likeness (QED) is 0.713. The van der Waals surface area contributed by atoms with Crippen molar-refractivity contribution in [3.05, 3.63) is 52.5 Å². The van der Waals surface area contributed by atoms with Crippen LogP contribution >= 0.6 is 11.6 Å². The first-order valence-corrected chi connectivity index (χ1v) is 8.04. The zero-order valence-corrected chi connectivity index (χ0v) is 14.4. The second-order valence-electron chi connectivity index (χ2n) is 5.59. The minimum absolute atomic E-state index is 0.000900. The van der Waals surface area contributed by atoms with E-state index in [9.17, 15) is 15.0 Å². The van der Waals surface area contributed by atoms with Crippen LogP contribution in [0.15, 0.2) is 46.6 Å². The number of nitrogens with zero attached hydrogens (tertiary/aromatic N) is 3. The fraction of sp³-hybridized carbons (Fsp3) is 0.167. The molecule has 6 nitrogen and oxygen atoms in total. The largest absolute Gasteiger partial charge is 0.545 e. The molecular weight excluding hydrogens is 342 g/mol. The minimum atomic E-state index is -1.32. The second kappa shape index (κ2) is 6.57. The molecule has 0 radical (unpaired) electrons. The van der Waals surface area contributed by atoms with E-state index in [1.165, 1.54) is 18.2 Å². The molecule has 2 aromatic carbocycles. The molecule has 0 saturated heterocycles. The third-order valence-electron chi connectivity index (χ3n) is 3.92. The SMILES string of the molecule is CCn1c(O)c(N=Nc2cc(C(=O)[O-])ccc2Cl)c2cc(C)ccc21. The van der Waals surface area contributed by atoms with Crippen LogP contribution in [0.5, 0.6) is 5.88 Å². The predicted octanol–water partition coefficient (Wildman–Crippen LogP) is 4.11. The number of carboxylic acids is 1. The van der Waals surface area contributed by atoms with Crippen LogP contribution in [-0.2, 0) is 6.54 Å². The fourth-order valence-electron chi connectivity index (χ4n) is 2.68. The third kappa shape index (κ3) is 3.08. The lowest BCUT2D eigenvalue weighted by Crippen LogP contribution is -2.21. The monoisotopic (exact) mass is 356 g/mol. The Morgan fingerprint density at radius 3 is 2.68 bits per heavy atom. The number of hydrogen-bond donors (Lipinski definition) is 1. The van der Waals surface area contributed by atoms with Gasteiger partial charge in [-0.3, -0.25) is 0 Å². The topological polar surface area (TPSA) is 90.0 Å². The van der Waals surface area contributed by atoms with Crippen molar-refractivity contribution < 1.29 is 15.0 Å². The van der Waals surface area contributed by atoms with Gasteiger partial charge in [0.25, 0.3) is 0 Å². The highest BCUT2D eigenvalue weighted by atomic mass is 35.5. The molecule has 0 aliphatic heterocycles. The highest BCUT2D eigenvalue weighted by molar-refractivity contribution is 6.33. The molecule has 7 heteroatoms. The lowest BCUT2D eigenvalue weighted by atomic mass is 10.1. The standard InChI is InChI=1S/C18H16ClN3O3/c1-3-22-15-7-4-10(2)8-12(15)16(17(22)23)21-20-14-9-11(18(24)25)5-6-13(14)19/h4-9,23H,3H2,1-2H3,(H,24,25)/p-1. The van der Waals surface area contributed by atoms with Crippen molar-refractivity contribution in [3.8, 4) is 5.88 Å². The summed E-state index contributed by atoms with van der Waals surface area (Å²) in [6.07, 6.45) is 0. The van der Waals surface area contributed by atoms with Gasteiger partial charge in [-0.05, 0) is 43.7 Å². The number of halogens is 1. The predicted molar refractivity (Wildman–Crippen MR) is 94.0 cm³/mol. The molecule has 3 aromatic rings. The van der Waals surface area contributed by atoms with Crippen molar-refractivity contribution in [1.29, 1.82) is 0 Å². The maximum atomic E-state index is 11.0. The van der Waals surface area contributed by atoms with Crippen LogP contribution in [0.4, 0.5) is 11.4 Å². The average Bonchev–Trinajstić information content (AvgIpc) is 2.84. The number of hydrogen-bond acceptors (Lipinski definition) is 5. The summed E-state index contributed by atoms with van der Waals surface area (Å²) < 4.78 is 1.72. The smallest absolute Gasteiger partial charge is 0.220 e. The molecule has 0 spiro atoms. The summed E-state index contributed by atoms with van der Waals surface area (Å²) in [6.45, 7) is 4.43. The van der Waals surface area contributed by atoms with E-state index in [1.54, 1.807) is 4.57 Å². The lowest BCUT2D eigenvalue weighted by Gasteiger charge is -2.04. The van der Waals surface area contributed by atoms with E-state index in [0.717, 1.165) is 16.5 Å². The molecule has 0 atom stereocenters. The van der Waals surface area contributed by atoms with Gasteiger partial charge in [0.1, 0.15) is 5.69 Å². The Morgan fingerprint density at radius 2 is 2.00 bits per heavy atom. The van der Waals surface area contributed by atoms with Crippen molar-refractivity contribution in [1.82, 2.24) is 4.57 Å². The maximum absolute atomic E-state index is 11.0. The van der Waals surface area contributed by atoms with Gasteiger partial charge in [-0.2, -0.15) is 0 Å². The van der Waals surface area contributed by atoms with Gasteiger partial charge in [0.15, 0.2) is 5.69 Å². The molecule has 0 amide bonds. The van der Waals surface area contributed by atoms with E-state index in [0.29, 0.717) is 12.2 Å². The van der Waals surface area contributed by atoms with Crippen LogP contribution in [0, 0.1) is 6.92 Å². The number of aryl methyl sites for hydroxylation is 2.